The van der Waals surface area contributed by atoms with E-state index in [4.69, 9.17) is 4.52 Å². The fourth-order valence-electron chi connectivity index (χ4n) is 2.06. The van der Waals surface area contributed by atoms with Crippen molar-refractivity contribution in [3.8, 4) is 5.75 Å². The van der Waals surface area contributed by atoms with Gasteiger partial charge in [0.05, 0.1) is 0 Å². The molecule has 2 aromatic carbocycles. The third kappa shape index (κ3) is 2.58. The molecular formula is C13H13O3P-2. The molecule has 0 aromatic heterocycles. The zero-order chi connectivity index (χ0) is 12.6. The van der Waals surface area contributed by atoms with Gasteiger partial charge < -0.3 is 14.3 Å². The van der Waals surface area contributed by atoms with E-state index in [1.807, 2.05) is 26.8 Å². The van der Waals surface area contributed by atoms with Crippen LogP contribution in [0.1, 0.15) is 16.7 Å². The average molecular weight is 248 g/mol. The third-order valence-corrected chi connectivity index (χ3v) is 3.12. The van der Waals surface area contributed by atoms with Gasteiger partial charge in [-0.25, -0.2) is 0 Å². The van der Waals surface area contributed by atoms with Crippen molar-refractivity contribution in [3.63, 3.8) is 0 Å². The van der Waals surface area contributed by atoms with Gasteiger partial charge in [-0.1, -0.05) is 26.3 Å². The molecule has 0 spiro atoms. The van der Waals surface area contributed by atoms with E-state index in [1.54, 1.807) is 6.07 Å². The molecule has 0 heterocycles. The van der Waals surface area contributed by atoms with Crippen LogP contribution in [0.25, 0.3) is 10.8 Å². The predicted molar refractivity (Wildman–Crippen MR) is 65.7 cm³/mol. The lowest BCUT2D eigenvalue weighted by molar-refractivity contribution is -0.310. The van der Waals surface area contributed by atoms with E-state index in [9.17, 15) is 9.79 Å². The summed E-state index contributed by atoms with van der Waals surface area (Å²) < 4.78 is 4.79. The minimum Gasteiger partial charge on any atom is -0.810 e. The van der Waals surface area contributed by atoms with E-state index in [2.05, 4.69) is 12.1 Å². The summed E-state index contributed by atoms with van der Waals surface area (Å²) in [5, 5.41) is 2.13. The van der Waals surface area contributed by atoms with Gasteiger partial charge >= 0.3 is 0 Å². The third-order valence-electron chi connectivity index (χ3n) is 2.77. The van der Waals surface area contributed by atoms with E-state index in [1.165, 1.54) is 5.56 Å². The van der Waals surface area contributed by atoms with Crippen molar-refractivity contribution in [1.29, 1.82) is 0 Å². The smallest absolute Gasteiger partial charge is 0.123 e. The molecule has 0 atom stereocenters. The molecule has 17 heavy (non-hydrogen) atoms. The van der Waals surface area contributed by atoms with Crippen LogP contribution < -0.4 is 14.3 Å². The molecule has 0 aliphatic heterocycles. The zero-order valence-corrected chi connectivity index (χ0v) is 10.9. The summed E-state index contributed by atoms with van der Waals surface area (Å²) >= 11 is 0. The Labute approximate surface area is 102 Å². The lowest BCUT2D eigenvalue weighted by Crippen LogP contribution is -2.13. The molecule has 0 N–H and O–H groups in total. The van der Waals surface area contributed by atoms with Crippen LogP contribution in [0.15, 0.2) is 24.3 Å². The first-order chi connectivity index (χ1) is 7.97. The number of hydrogen-bond donors (Lipinski definition) is 0. The fourth-order valence-corrected chi connectivity index (χ4v) is 2.41. The van der Waals surface area contributed by atoms with Crippen molar-refractivity contribution in [2.24, 2.45) is 0 Å². The van der Waals surface area contributed by atoms with Crippen LogP contribution in [0.5, 0.6) is 5.75 Å². The van der Waals surface area contributed by atoms with Crippen molar-refractivity contribution >= 4 is 19.4 Å². The second-order valence-electron chi connectivity index (χ2n) is 4.24. The molecule has 0 unspecified atom stereocenters. The van der Waals surface area contributed by atoms with Gasteiger partial charge in [-0.2, -0.15) is 0 Å². The summed E-state index contributed by atoms with van der Waals surface area (Å²) in [4.78, 5) is 21.2. The number of aryl methyl sites for hydroxylation is 3. The van der Waals surface area contributed by atoms with E-state index < -0.39 is 8.60 Å². The molecule has 90 valence electrons. The Bertz CT molecular complexity index is 564. The largest absolute Gasteiger partial charge is 0.810 e. The summed E-state index contributed by atoms with van der Waals surface area (Å²) in [5.74, 6) is 0.403. The normalized spacial score (nSPS) is 11.2. The Morgan fingerprint density at radius 3 is 2.29 bits per heavy atom. The molecule has 0 amide bonds. The quantitative estimate of drug-likeness (QED) is 0.764. The van der Waals surface area contributed by atoms with Gasteiger partial charge in [0.15, 0.2) is 0 Å². The Morgan fingerprint density at radius 1 is 0.941 bits per heavy atom. The van der Waals surface area contributed by atoms with Gasteiger partial charge in [0, 0.05) is 0 Å². The first kappa shape index (κ1) is 12.3. The molecule has 0 aliphatic rings. The van der Waals surface area contributed by atoms with Crippen molar-refractivity contribution < 1.29 is 14.3 Å². The Balaban J connectivity index is 2.63. The van der Waals surface area contributed by atoms with E-state index in [0.29, 0.717) is 5.75 Å². The first-order valence-electron chi connectivity index (χ1n) is 5.31. The number of benzene rings is 2. The predicted octanol–water partition coefficient (Wildman–Crippen LogP) is 2.09. The SMILES string of the molecule is Cc1cc(C)c2cc(OP([O-])[O-])c(C)cc2c1. The summed E-state index contributed by atoms with van der Waals surface area (Å²) in [6, 6.07) is 7.88. The maximum atomic E-state index is 10.6. The van der Waals surface area contributed by atoms with Crippen LogP contribution in [-0.2, 0) is 0 Å². The highest BCUT2D eigenvalue weighted by Crippen LogP contribution is 2.32. The summed E-state index contributed by atoms with van der Waals surface area (Å²) in [6.07, 6.45) is 0. The van der Waals surface area contributed by atoms with Gasteiger partial charge in [-0.15, -0.1) is 0 Å². The lowest BCUT2D eigenvalue weighted by atomic mass is 10.00. The van der Waals surface area contributed by atoms with Gasteiger partial charge in [0.2, 0.25) is 0 Å². The van der Waals surface area contributed by atoms with Gasteiger partial charge in [-0.3, -0.25) is 0 Å². The fraction of sp³-hybridized carbons (Fsp3) is 0.231. The Morgan fingerprint density at radius 2 is 1.65 bits per heavy atom. The van der Waals surface area contributed by atoms with E-state index >= 15 is 0 Å². The maximum absolute atomic E-state index is 10.6. The number of fused-ring (bicyclic) bond motifs is 1. The molecule has 0 radical (unpaired) electrons. The van der Waals surface area contributed by atoms with Crippen LogP contribution >= 0.6 is 8.60 Å². The minimum atomic E-state index is -2.86. The Kier molecular flexibility index (Phi) is 3.34. The first-order valence-corrected chi connectivity index (χ1v) is 6.41. The molecule has 0 saturated heterocycles. The topological polar surface area (TPSA) is 55.3 Å². The average Bonchev–Trinajstić information content (AvgIpc) is 2.19. The van der Waals surface area contributed by atoms with E-state index in [-0.39, 0.29) is 0 Å². The molecule has 0 bridgehead atoms. The van der Waals surface area contributed by atoms with Crippen molar-refractivity contribution in [3.05, 3.63) is 41.0 Å². The van der Waals surface area contributed by atoms with Crippen LogP contribution in [-0.4, -0.2) is 0 Å². The molecule has 4 heteroatoms. The van der Waals surface area contributed by atoms with Crippen LogP contribution in [0, 0.1) is 20.8 Å². The summed E-state index contributed by atoms with van der Waals surface area (Å²) in [5.41, 5.74) is 3.13. The maximum Gasteiger partial charge on any atom is 0.123 e. The second-order valence-corrected chi connectivity index (χ2v) is 4.87. The molecular weight excluding hydrogens is 235 g/mol. The number of hydrogen-bond acceptors (Lipinski definition) is 3. The zero-order valence-electron chi connectivity index (χ0n) is 9.98. The standard InChI is InChI=1S/C13H13O3P/c1-8-4-9(2)12-7-13(16-17(14)15)10(3)6-11(12)5-8/h4-7H,1-3H3/q-2. The minimum absolute atomic E-state index is 0.403. The summed E-state index contributed by atoms with van der Waals surface area (Å²) in [6.45, 7) is 5.89. The van der Waals surface area contributed by atoms with Crippen molar-refractivity contribution in [1.82, 2.24) is 0 Å². The Hall–Kier alpha value is -1.15. The lowest BCUT2D eigenvalue weighted by Gasteiger charge is -2.30. The highest BCUT2D eigenvalue weighted by Gasteiger charge is 2.04. The number of rotatable bonds is 2. The molecule has 2 rings (SSSR count). The van der Waals surface area contributed by atoms with Crippen LogP contribution in [0.3, 0.4) is 0 Å². The second kappa shape index (κ2) is 4.61. The molecule has 3 nitrogen and oxygen atoms in total. The van der Waals surface area contributed by atoms with Gasteiger partial charge in [0.25, 0.3) is 0 Å². The molecule has 0 aliphatic carbocycles. The van der Waals surface area contributed by atoms with E-state index in [0.717, 1.165) is 21.9 Å². The highest BCUT2D eigenvalue weighted by molar-refractivity contribution is 7.36. The van der Waals surface area contributed by atoms with Crippen LogP contribution in [0.4, 0.5) is 0 Å². The van der Waals surface area contributed by atoms with Gasteiger partial charge in [-0.05, 0) is 54.8 Å². The van der Waals surface area contributed by atoms with Crippen molar-refractivity contribution in [2.45, 2.75) is 20.8 Å². The monoisotopic (exact) mass is 248 g/mol. The van der Waals surface area contributed by atoms with Gasteiger partial charge in [0.1, 0.15) is 5.75 Å². The molecule has 0 fully saturated rings. The molecule has 0 saturated carbocycles. The molecule has 2 aromatic rings. The highest BCUT2D eigenvalue weighted by atomic mass is 31.2. The van der Waals surface area contributed by atoms with Crippen molar-refractivity contribution in [2.75, 3.05) is 0 Å². The summed E-state index contributed by atoms with van der Waals surface area (Å²) in [7, 11) is -2.86. The van der Waals surface area contributed by atoms with Crippen LogP contribution in [0.2, 0.25) is 0 Å².